The van der Waals surface area contributed by atoms with Gasteiger partial charge in [-0.05, 0) is 54.4 Å². The number of pyridine rings is 1. The molecular weight excluding hydrogens is 462 g/mol. The molecule has 8 heteroatoms. The van der Waals surface area contributed by atoms with Gasteiger partial charge in [0.05, 0.1) is 35.8 Å². The summed E-state index contributed by atoms with van der Waals surface area (Å²) in [6.45, 7) is 2.60. The minimum absolute atomic E-state index is 0.0366. The highest BCUT2D eigenvalue weighted by Gasteiger charge is 2.27. The van der Waals surface area contributed by atoms with Crippen molar-refractivity contribution in [3.05, 3.63) is 83.4 Å². The molecule has 0 saturated carbocycles. The summed E-state index contributed by atoms with van der Waals surface area (Å²) in [6, 6.07) is 18.6. The molecule has 0 bridgehead atoms. The van der Waals surface area contributed by atoms with Crippen molar-refractivity contribution in [1.82, 2.24) is 9.97 Å². The minimum atomic E-state index is -0.364. The Labute approximate surface area is 207 Å². The lowest BCUT2D eigenvalue weighted by Gasteiger charge is -2.30. The number of hydrogen-bond acceptors (Lipinski definition) is 7. The highest BCUT2D eigenvalue weighted by Crippen LogP contribution is 2.38. The van der Waals surface area contributed by atoms with Crippen molar-refractivity contribution < 1.29 is 19.1 Å². The van der Waals surface area contributed by atoms with Gasteiger partial charge in [-0.25, -0.2) is 9.78 Å². The van der Waals surface area contributed by atoms with E-state index in [-0.39, 0.29) is 18.5 Å². The lowest BCUT2D eigenvalue weighted by atomic mass is 10.1. The van der Waals surface area contributed by atoms with E-state index < -0.39 is 0 Å². The highest BCUT2D eigenvalue weighted by molar-refractivity contribution is 7.13. The largest absolute Gasteiger partial charge is 0.482 e. The lowest BCUT2D eigenvalue weighted by molar-refractivity contribution is -0.121. The molecule has 0 fully saturated rings. The molecule has 2 aromatic carbocycles. The van der Waals surface area contributed by atoms with Crippen LogP contribution in [0.3, 0.4) is 0 Å². The number of carbonyl (C=O) groups is 2. The van der Waals surface area contributed by atoms with Gasteiger partial charge in [0.25, 0.3) is 5.91 Å². The van der Waals surface area contributed by atoms with Crippen LogP contribution in [0.1, 0.15) is 29.3 Å². The van der Waals surface area contributed by atoms with Crippen LogP contribution in [0, 0.1) is 0 Å². The first-order valence-corrected chi connectivity index (χ1v) is 12.2. The molecule has 0 radical (unpaired) electrons. The third-order valence-electron chi connectivity index (χ3n) is 5.53. The summed E-state index contributed by atoms with van der Waals surface area (Å²) in [5, 5.41) is 2.81. The van der Waals surface area contributed by atoms with E-state index >= 15 is 0 Å². The van der Waals surface area contributed by atoms with Gasteiger partial charge in [0.1, 0.15) is 10.8 Å². The zero-order valence-electron chi connectivity index (χ0n) is 19.1. The van der Waals surface area contributed by atoms with Crippen LogP contribution < -0.4 is 9.64 Å². The molecular formula is C27H23N3O4S. The number of fused-ring (bicyclic) bond motifs is 1. The molecule has 0 N–H and O–H groups in total. The standard InChI is InChI=1S/C27H23N3O4S/c1-2-12-33-27(32)20-7-5-6-18(13-20)15-30-23-14-19(9-10-24(23)34-16-25(30)31)22-17-35-26(29-22)21-8-3-4-11-28-21/h3-11,13-14,17H,2,12,15-16H2,1H3. The van der Waals surface area contributed by atoms with E-state index in [0.717, 1.165) is 33.9 Å². The first-order chi connectivity index (χ1) is 17.1. The van der Waals surface area contributed by atoms with Gasteiger partial charge in [-0.15, -0.1) is 11.3 Å². The molecule has 0 atom stereocenters. The lowest BCUT2D eigenvalue weighted by Crippen LogP contribution is -2.38. The fourth-order valence-electron chi connectivity index (χ4n) is 3.81. The Morgan fingerprint density at radius 1 is 1.11 bits per heavy atom. The van der Waals surface area contributed by atoms with E-state index in [1.54, 1.807) is 29.3 Å². The Bertz CT molecular complexity index is 1370. The quantitative estimate of drug-likeness (QED) is 0.328. The number of nitrogens with zero attached hydrogens (tertiary/aromatic N) is 3. The maximum atomic E-state index is 12.8. The molecule has 0 saturated heterocycles. The number of ether oxygens (including phenoxy) is 2. The van der Waals surface area contributed by atoms with Crippen LogP contribution in [0.25, 0.3) is 22.0 Å². The SMILES string of the molecule is CCCOC(=O)c1cccc(CN2C(=O)COc3ccc(-c4csc(-c5ccccn5)n4)cc32)c1. The number of carbonyl (C=O) groups excluding carboxylic acids is 2. The number of aromatic nitrogens is 2. The Hall–Kier alpha value is -4.04. The average molecular weight is 486 g/mol. The summed E-state index contributed by atoms with van der Waals surface area (Å²) in [6.07, 6.45) is 2.50. The average Bonchev–Trinajstić information content (AvgIpc) is 3.40. The number of benzene rings is 2. The van der Waals surface area contributed by atoms with Gasteiger partial charge in [0.15, 0.2) is 6.61 Å². The zero-order chi connectivity index (χ0) is 24.2. The van der Waals surface area contributed by atoms with Crippen molar-refractivity contribution in [1.29, 1.82) is 0 Å². The number of rotatable bonds is 7. The number of hydrogen-bond donors (Lipinski definition) is 0. The van der Waals surface area contributed by atoms with Crippen LogP contribution in [0.2, 0.25) is 0 Å². The minimum Gasteiger partial charge on any atom is -0.482 e. The maximum absolute atomic E-state index is 12.8. The first-order valence-electron chi connectivity index (χ1n) is 11.3. The summed E-state index contributed by atoms with van der Waals surface area (Å²) < 4.78 is 10.9. The summed E-state index contributed by atoms with van der Waals surface area (Å²) in [5.41, 5.74) is 4.47. The molecule has 2 aromatic heterocycles. The smallest absolute Gasteiger partial charge is 0.338 e. The van der Waals surface area contributed by atoms with Gasteiger partial charge in [-0.1, -0.05) is 25.1 Å². The van der Waals surface area contributed by atoms with Crippen LogP contribution in [-0.2, 0) is 16.1 Å². The Kier molecular flexibility index (Phi) is 6.54. The van der Waals surface area contributed by atoms with Gasteiger partial charge in [0.2, 0.25) is 0 Å². The first kappa shape index (κ1) is 22.7. The fraction of sp³-hybridized carbons (Fsp3) is 0.185. The zero-order valence-corrected chi connectivity index (χ0v) is 20.0. The predicted octanol–water partition coefficient (Wildman–Crippen LogP) is 5.36. The topological polar surface area (TPSA) is 81.6 Å². The summed E-state index contributed by atoms with van der Waals surface area (Å²) in [7, 11) is 0. The van der Waals surface area contributed by atoms with Crippen molar-refractivity contribution in [3.8, 4) is 27.7 Å². The third-order valence-corrected chi connectivity index (χ3v) is 6.39. The van der Waals surface area contributed by atoms with Crippen molar-refractivity contribution in [2.24, 2.45) is 0 Å². The molecule has 35 heavy (non-hydrogen) atoms. The second-order valence-electron chi connectivity index (χ2n) is 8.04. The third kappa shape index (κ3) is 4.93. The number of esters is 1. The molecule has 5 rings (SSSR count). The summed E-state index contributed by atoms with van der Waals surface area (Å²) >= 11 is 1.52. The molecule has 0 spiro atoms. The summed E-state index contributed by atoms with van der Waals surface area (Å²) in [4.78, 5) is 35.9. The predicted molar refractivity (Wildman–Crippen MR) is 134 cm³/mol. The second kappa shape index (κ2) is 10.1. The molecule has 1 aliphatic heterocycles. The summed E-state index contributed by atoms with van der Waals surface area (Å²) in [5.74, 6) is 0.116. The molecule has 176 valence electrons. The van der Waals surface area contributed by atoms with Crippen molar-refractivity contribution in [2.75, 3.05) is 18.1 Å². The van der Waals surface area contributed by atoms with E-state index in [0.29, 0.717) is 30.2 Å². The van der Waals surface area contributed by atoms with E-state index in [4.69, 9.17) is 14.5 Å². The van der Waals surface area contributed by atoms with Crippen LogP contribution in [0.15, 0.2) is 72.2 Å². The second-order valence-corrected chi connectivity index (χ2v) is 8.90. The molecule has 4 aromatic rings. The highest BCUT2D eigenvalue weighted by atomic mass is 32.1. The fourth-order valence-corrected chi connectivity index (χ4v) is 4.61. The van der Waals surface area contributed by atoms with Crippen molar-refractivity contribution in [3.63, 3.8) is 0 Å². The van der Waals surface area contributed by atoms with Gasteiger partial charge in [0, 0.05) is 17.1 Å². The molecule has 1 aliphatic rings. The van der Waals surface area contributed by atoms with Gasteiger partial charge < -0.3 is 14.4 Å². The van der Waals surface area contributed by atoms with E-state index in [9.17, 15) is 9.59 Å². The van der Waals surface area contributed by atoms with Crippen LogP contribution >= 0.6 is 11.3 Å². The Morgan fingerprint density at radius 2 is 2.03 bits per heavy atom. The van der Waals surface area contributed by atoms with Crippen molar-refractivity contribution >= 4 is 28.9 Å². The van der Waals surface area contributed by atoms with Crippen LogP contribution in [0.4, 0.5) is 5.69 Å². The molecule has 1 amide bonds. The maximum Gasteiger partial charge on any atom is 0.338 e. The van der Waals surface area contributed by atoms with Gasteiger partial charge in [-0.3, -0.25) is 9.78 Å². The van der Waals surface area contributed by atoms with Crippen LogP contribution in [0.5, 0.6) is 5.75 Å². The molecule has 0 aliphatic carbocycles. The molecule has 3 heterocycles. The van der Waals surface area contributed by atoms with Gasteiger partial charge in [-0.2, -0.15) is 0 Å². The monoisotopic (exact) mass is 485 g/mol. The number of amides is 1. The Balaban J connectivity index is 1.42. The molecule has 0 unspecified atom stereocenters. The van der Waals surface area contributed by atoms with Crippen LogP contribution in [-0.4, -0.2) is 35.1 Å². The molecule has 7 nitrogen and oxygen atoms in total. The normalized spacial score (nSPS) is 12.7. The van der Waals surface area contributed by atoms with Gasteiger partial charge >= 0.3 is 5.97 Å². The number of thiazole rings is 1. The number of anilines is 1. The van der Waals surface area contributed by atoms with E-state index in [2.05, 4.69) is 4.98 Å². The van der Waals surface area contributed by atoms with E-state index in [1.165, 1.54) is 11.3 Å². The Morgan fingerprint density at radius 3 is 2.86 bits per heavy atom. The van der Waals surface area contributed by atoms with Crippen molar-refractivity contribution in [2.45, 2.75) is 19.9 Å². The van der Waals surface area contributed by atoms with E-state index in [1.807, 2.05) is 54.8 Å².